The second kappa shape index (κ2) is 9.69. The van der Waals surface area contributed by atoms with Crippen LogP contribution >= 0.6 is 0 Å². The first-order chi connectivity index (χ1) is 16.6. The molecule has 1 aromatic heterocycles. The molecular weight excluding hydrogens is 434 g/mol. The Balaban J connectivity index is 1.10. The van der Waals surface area contributed by atoms with Gasteiger partial charge in [-0.2, -0.15) is 5.26 Å². The van der Waals surface area contributed by atoms with Crippen molar-refractivity contribution in [1.29, 1.82) is 5.26 Å². The quantitative estimate of drug-likeness (QED) is 0.679. The van der Waals surface area contributed by atoms with Crippen molar-refractivity contribution in [3.63, 3.8) is 0 Å². The number of hydrogen-bond donors (Lipinski definition) is 2. The van der Waals surface area contributed by atoms with Crippen molar-refractivity contribution in [3.05, 3.63) is 41.6 Å². The maximum atomic E-state index is 12.5. The number of anilines is 2. The fourth-order valence-corrected chi connectivity index (χ4v) is 4.84. The zero-order valence-corrected chi connectivity index (χ0v) is 18.9. The average molecular weight is 462 g/mol. The molecule has 3 heterocycles. The summed E-state index contributed by atoms with van der Waals surface area (Å²) in [6, 6.07) is 11.5. The first kappa shape index (κ1) is 22.2. The summed E-state index contributed by atoms with van der Waals surface area (Å²) in [6.45, 7) is 1.35. The predicted molar refractivity (Wildman–Crippen MR) is 125 cm³/mol. The van der Waals surface area contributed by atoms with Crippen LogP contribution in [-0.4, -0.2) is 42.6 Å². The zero-order valence-electron chi connectivity index (χ0n) is 18.9. The van der Waals surface area contributed by atoms with E-state index in [-0.39, 0.29) is 25.0 Å². The summed E-state index contributed by atoms with van der Waals surface area (Å²) in [5, 5.41) is 15.5. The fourth-order valence-electron chi connectivity index (χ4n) is 4.84. The van der Waals surface area contributed by atoms with Crippen molar-refractivity contribution in [2.24, 2.45) is 5.92 Å². The van der Waals surface area contributed by atoms with Crippen LogP contribution in [0, 0.1) is 17.2 Å². The second-order valence-corrected chi connectivity index (χ2v) is 9.00. The van der Waals surface area contributed by atoms with Gasteiger partial charge in [0, 0.05) is 19.1 Å². The summed E-state index contributed by atoms with van der Waals surface area (Å²) in [5.74, 6) is 2.07. The Kier molecular flexibility index (Phi) is 6.32. The summed E-state index contributed by atoms with van der Waals surface area (Å²) in [6.07, 6.45) is 5.27. The van der Waals surface area contributed by atoms with E-state index in [0.29, 0.717) is 53.6 Å². The molecule has 1 fully saturated rings. The number of carbonyl (C=O) groups is 2. The number of nitrogens with one attached hydrogen (secondary N) is 2. The molecule has 5 rings (SSSR count). The molecule has 2 aliphatic heterocycles. The standard InChI is InChI=1S/C25H27N5O4/c26-12-17-3-7-21-20(11-17)30(24(32)15-34-21)10-9-16-1-4-18(5-2-16)27-13-19-6-8-22-25(28-19)29-23(31)14-33-22/h3,6-8,11,16,18,27H,1-2,4-5,9-10,13-15H2,(H,28,29,31)/t16-,18-. The number of aromatic nitrogens is 1. The number of hydrogen-bond acceptors (Lipinski definition) is 7. The van der Waals surface area contributed by atoms with Gasteiger partial charge >= 0.3 is 0 Å². The lowest BCUT2D eigenvalue weighted by Gasteiger charge is -2.33. The molecule has 34 heavy (non-hydrogen) atoms. The molecule has 0 saturated heterocycles. The summed E-state index contributed by atoms with van der Waals surface area (Å²) in [5.41, 5.74) is 2.09. The molecule has 2 amide bonds. The van der Waals surface area contributed by atoms with Gasteiger partial charge in [-0.25, -0.2) is 4.98 Å². The number of nitriles is 1. The Morgan fingerprint density at radius 2 is 1.88 bits per heavy atom. The Bertz CT molecular complexity index is 1140. The van der Waals surface area contributed by atoms with E-state index < -0.39 is 0 Å². The molecule has 0 atom stereocenters. The van der Waals surface area contributed by atoms with E-state index in [1.807, 2.05) is 12.1 Å². The number of fused-ring (bicyclic) bond motifs is 2. The van der Waals surface area contributed by atoms with Crippen molar-refractivity contribution in [2.75, 3.05) is 30.0 Å². The molecule has 0 bridgehead atoms. The minimum absolute atomic E-state index is 0.0304. The van der Waals surface area contributed by atoms with Gasteiger partial charge in [-0.05, 0) is 68.4 Å². The average Bonchev–Trinajstić information content (AvgIpc) is 2.87. The summed E-state index contributed by atoms with van der Waals surface area (Å²) in [7, 11) is 0. The van der Waals surface area contributed by atoms with E-state index in [4.69, 9.17) is 9.47 Å². The minimum Gasteiger partial charge on any atom is -0.482 e. The third-order valence-electron chi connectivity index (χ3n) is 6.74. The Hall–Kier alpha value is -3.64. The lowest BCUT2D eigenvalue weighted by Crippen LogP contribution is -2.40. The number of amides is 2. The van der Waals surface area contributed by atoms with Gasteiger partial charge in [-0.15, -0.1) is 0 Å². The molecule has 9 nitrogen and oxygen atoms in total. The molecule has 1 aliphatic carbocycles. The predicted octanol–water partition coefficient (Wildman–Crippen LogP) is 2.75. The van der Waals surface area contributed by atoms with Crippen molar-refractivity contribution in [2.45, 2.75) is 44.7 Å². The van der Waals surface area contributed by atoms with E-state index in [0.717, 1.165) is 37.8 Å². The van der Waals surface area contributed by atoms with E-state index in [2.05, 4.69) is 21.7 Å². The molecular formula is C25H27N5O4. The van der Waals surface area contributed by atoms with Gasteiger partial charge in [0.15, 0.2) is 24.8 Å². The highest BCUT2D eigenvalue weighted by Crippen LogP contribution is 2.34. The van der Waals surface area contributed by atoms with Crippen molar-refractivity contribution in [3.8, 4) is 17.6 Å². The van der Waals surface area contributed by atoms with Gasteiger partial charge in [-0.3, -0.25) is 9.59 Å². The number of carbonyl (C=O) groups excluding carboxylic acids is 2. The third-order valence-corrected chi connectivity index (χ3v) is 6.74. The minimum atomic E-state index is -0.184. The molecule has 0 radical (unpaired) electrons. The molecule has 1 saturated carbocycles. The van der Waals surface area contributed by atoms with E-state index in [1.54, 1.807) is 23.1 Å². The topological polar surface area (TPSA) is 117 Å². The number of nitrogens with zero attached hydrogens (tertiary/aromatic N) is 3. The fraction of sp³-hybridized carbons (Fsp3) is 0.440. The molecule has 176 valence electrons. The molecule has 2 aromatic rings. The largest absolute Gasteiger partial charge is 0.482 e. The normalized spacial score (nSPS) is 21.4. The molecule has 9 heteroatoms. The maximum Gasteiger partial charge on any atom is 0.265 e. The molecule has 0 unspecified atom stereocenters. The lowest BCUT2D eigenvalue weighted by molar-refractivity contribution is -0.121. The van der Waals surface area contributed by atoms with Gasteiger partial charge in [0.05, 0.1) is 23.0 Å². The van der Waals surface area contributed by atoms with Crippen LogP contribution in [0.2, 0.25) is 0 Å². The SMILES string of the molecule is N#Cc1ccc2c(c1)N(CC[C@H]1CC[C@H](NCc3ccc4c(n3)NC(=O)CO4)CC1)C(=O)CO2. The highest BCUT2D eigenvalue weighted by Gasteiger charge is 2.28. The summed E-state index contributed by atoms with van der Waals surface area (Å²) < 4.78 is 10.9. The first-order valence-corrected chi connectivity index (χ1v) is 11.7. The molecule has 0 spiro atoms. The number of rotatable bonds is 6. The van der Waals surface area contributed by atoms with Gasteiger partial charge in [0.1, 0.15) is 5.75 Å². The van der Waals surface area contributed by atoms with Gasteiger partial charge in [0.25, 0.3) is 11.8 Å². The van der Waals surface area contributed by atoms with E-state index in [1.165, 1.54) is 0 Å². The van der Waals surface area contributed by atoms with Crippen LogP contribution in [0.3, 0.4) is 0 Å². The summed E-state index contributed by atoms with van der Waals surface area (Å²) in [4.78, 5) is 30.2. The molecule has 1 aromatic carbocycles. The monoisotopic (exact) mass is 461 g/mol. The van der Waals surface area contributed by atoms with Crippen molar-refractivity contribution in [1.82, 2.24) is 10.3 Å². The molecule has 3 aliphatic rings. The highest BCUT2D eigenvalue weighted by molar-refractivity contribution is 5.98. The van der Waals surface area contributed by atoms with Crippen LogP contribution in [-0.2, 0) is 16.1 Å². The van der Waals surface area contributed by atoms with Gasteiger partial charge in [0.2, 0.25) is 0 Å². The first-order valence-electron chi connectivity index (χ1n) is 11.7. The van der Waals surface area contributed by atoms with E-state index in [9.17, 15) is 14.9 Å². The second-order valence-electron chi connectivity index (χ2n) is 9.00. The van der Waals surface area contributed by atoms with Crippen LogP contribution in [0.15, 0.2) is 30.3 Å². The van der Waals surface area contributed by atoms with Crippen LogP contribution in [0.25, 0.3) is 0 Å². The van der Waals surface area contributed by atoms with Crippen LogP contribution in [0.4, 0.5) is 11.5 Å². The summed E-state index contributed by atoms with van der Waals surface area (Å²) >= 11 is 0. The van der Waals surface area contributed by atoms with Crippen molar-refractivity contribution < 1.29 is 19.1 Å². The lowest BCUT2D eigenvalue weighted by atomic mass is 9.84. The number of ether oxygens (including phenoxy) is 2. The third kappa shape index (κ3) is 4.82. The Morgan fingerprint density at radius 3 is 2.71 bits per heavy atom. The van der Waals surface area contributed by atoms with Crippen molar-refractivity contribution >= 4 is 23.3 Å². The van der Waals surface area contributed by atoms with E-state index >= 15 is 0 Å². The Morgan fingerprint density at radius 1 is 1.09 bits per heavy atom. The zero-order chi connectivity index (χ0) is 23.5. The maximum absolute atomic E-state index is 12.5. The number of benzene rings is 1. The van der Waals surface area contributed by atoms with Gasteiger partial charge < -0.3 is 25.0 Å². The smallest absolute Gasteiger partial charge is 0.265 e. The van der Waals surface area contributed by atoms with Crippen LogP contribution in [0.1, 0.15) is 43.4 Å². The highest BCUT2D eigenvalue weighted by atomic mass is 16.5. The van der Waals surface area contributed by atoms with Gasteiger partial charge in [-0.1, -0.05) is 0 Å². The van der Waals surface area contributed by atoms with Crippen LogP contribution < -0.4 is 25.0 Å². The number of pyridine rings is 1. The Labute approximate surface area is 198 Å². The van der Waals surface area contributed by atoms with Crippen LogP contribution in [0.5, 0.6) is 11.5 Å². The molecule has 2 N–H and O–H groups in total.